The molecule has 0 bridgehead atoms. The van der Waals surface area contributed by atoms with E-state index in [4.69, 9.17) is 9.15 Å². The number of Topliss-reactive ketones (excluding diaryl/α,β-unsaturated/α-hetero) is 2. The molecule has 0 N–H and O–H groups in total. The number of rotatable bonds is 4. The van der Waals surface area contributed by atoms with Gasteiger partial charge in [-0.25, -0.2) is 0 Å². The van der Waals surface area contributed by atoms with Crippen LogP contribution in [0.1, 0.15) is 45.7 Å². The molecule has 1 unspecified atom stereocenters. The number of hydrogen-bond donors (Lipinski definition) is 0. The molecule has 150 valence electrons. The first-order valence-corrected chi connectivity index (χ1v) is 9.68. The van der Waals surface area contributed by atoms with Crippen molar-refractivity contribution >= 4 is 34.4 Å². The van der Waals surface area contributed by atoms with E-state index in [2.05, 4.69) is 0 Å². The van der Waals surface area contributed by atoms with Gasteiger partial charge in [-0.05, 0) is 30.7 Å². The quantitative estimate of drug-likeness (QED) is 0.490. The predicted molar refractivity (Wildman–Crippen MR) is 105 cm³/mol. The van der Waals surface area contributed by atoms with Crippen LogP contribution in [0.25, 0.3) is 11.0 Å². The lowest BCUT2D eigenvalue weighted by Crippen LogP contribution is -2.47. The topological polar surface area (TPSA) is 93.9 Å². The van der Waals surface area contributed by atoms with E-state index in [1.807, 2.05) is 30.3 Å². The minimum Gasteiger partial charge on any atom is -0.485 e. The van der Waals surface area contributed by atoms with Crippen LogP contribution in [-0.2, 0) is 16.2 Å². The molecule has 3 aromatic rings. The smallest absolute Gasteiger partial charge is 0.266 e. The third kappa shape index (κ3) is 2.90. The Labute approximate surface area is 171 Å². The predicted octanol–water partition coefficient (Wildman–Crippen LogP) is 3.30. The van der Waals surface area contributed by atoms with Crippen LogP contribution >= 0.6 is 0 Å². The van der Waals surface area contributed by atoms with E-state index in [1.54, 1.807) is 18.2 Å². The molecule has 0 saturated heterocycles. The Kier molecular flexibility index (Phi) is 4.24. The Morgan fingerprint density at radius 1 is 1.00 bits per heavy atom. The lowest BCUT2D eigenvalue weighted by molar-refractivity contribution is -0.132. The largest absolute Gasteiger partial charge is 0.485 e. The highest BCUT2D eigenvalue weighted by Gasteiger charge is 2.45. The molecular weight excluding hydrogens is 386 g/mol. The fourth-order valence-corrected chi connectivity index (χ4v) is 4.06. The first kappa shape index (κ1) is 18.3. The number of nitrogens with zero attached hydrogens (tertiary/aromatic N) is 1. The Hall–Kier alpha value is -3.74. The third-order valence-corrected chi connectivity index (χ3v) is 5.51. The Balaban J connectivity index is 1.41. The molecular formula is C23H17NO6. The van der Waals surface area contributed by atoms with E-state index < -0.39 is 23.6 Å². The Morgan fingerprint density at radius 2 is 1.83 bits per heavy atom. The third-order valence-electron chi connectivity index (χ3n) is 5.51. The first-order chi connectivity index (χ1) is 14.5. The molecule has 5 rings (SSSR count). The highest BCUT2D eigenvalue weighted by atomic mass is 16.5. The van der Waals surface area contributed by atoms with Gasteiger partial charge in [0.1, 0.15) is 29.5 Å². The van der Waals surface area contributed by atoms with Gasteiger partial charge in [-0.1, -0.05) is 24.3 Å². The average Bonchev–Trinajstić information content (AvgIpc) is 3.26. The highest BCUT2D eigenvalue weighted by molar-refractivity contribution is 6.24. The minimum absolute atomic E-state index is 0.0868. The standard InChI is InChI=1S/C23H17NO6/c25-14-8-9-17(18(26)11-14)24-22(27)16-5-3-7-20(21(16)23(24)28)29-12-15-10-13-4-1-2-6-19(13)30-15/h1-7,10,17H,8-9,11-12H2. The minimum atomic E-state index is -0.904. The van der Waals surface area contributed by atoms with Crippen LogP contribution in [0, 0.1) is 0 Å². The van der Waals surface area contributed by atoms with E-state index in [0.717, 1.165) is 15.9 Å². The van der Waals surface area contributed by atoms with Crippen molar-refractivity contribution in [3.05, 3.63) is 65.4 Å². The maximum absolute atomic E-state index is 13.1. The summed E-state index contributed by atoms with van der Waals surface area (Å²) in [5.41, 5.74) is 1.08. The van der Waals surface area contributed by atoms with Gasteiger partial charge >= 0.3 is 0 Å². The summed E-state index contributed by atoms with van der Waals surface area (Å²) in [5, 5.41) is 0.942. The fourth-order valence-electron chi connectivity index (χ4n) is 4.06. The zero-order chi connectivity index (χ0) is 20.8. The lowest BCUT2D eigenvalue weighted by Gasteiger charge is -2.27. The van der Waals surface area contributed by atoms with Gasteiger partial charge in [-0.3, -0.25) is 24.1 Å². The molecule has 2 amide bonds. The van der Waals surface area contributed by atoms with Gasteiger partial charge in [-0.15, -0.1) is 0 Å². The molecule has 30 heavy (non-hydrogen) atoms. The van der Waals surface area contributed by atoms with Crippen LogP contribution in [0.5, 0.6) is 5.75 Å². The van der Waals surface area contributed by atoms with E-state index in [1.165, 1.54) is 0 Å². The normalized spacial score (nSPS) is 18.9. The average molecular weight is 403 g/mol. The fraction of sp³-hybridized carbons (Fsp3) is 0.217. The molecule has 0 spiro atoms. The van der Waals surface area contributed by atoms with E-state index in [-0.39, 0.29) is 48.5 Å². The van der Waals surface area contributed by atoms with Gasteiger partial charge in [0.15, 0.2) is 5.78 Å². The molecule has 1 aliphatic heterocycles. The van der Waals surface area contributed by atoms with Crippen LogP contribution in [0.3, 0.4) is 0 Å². The molecule has 2 aliphatic rings. The molecule has 1 saturated carbocycles. The highest BCUT2D eigenvalue weighted by Crippen LogP contribution is 2.35. The van der Waals surface area contributed by atoms with Crippen LogP contribution < -0.4 is 4.74 Å². The van der Waals surface area contributed by atoms with E-state index >= 15 is 0 Å². The summed E-state index contributed by atoms with van der Waals surface area (Å²) in [7, 11) is 0. The van der Waals surface area contributed by atoms with Gasteiger partial charge in [-0.2, -0.15) is 0 Å². The molecule has 2 heterocycles. The van der Waals surface area contributed by atoms with Crippen molar-refractivity contribution in [1.82, 2.24) is 4.90 Å². The zero-order valence-electron chi connectivity index (χ0n) is 15.9. The zero-order valence-corrected chi connectivity index (χ0v) is 15.9. The number of para-hydroxylation sites is 1. The van der Waals surface area contributed by atoms with E-state index in [9.17, 15) is 19.2 Å². The molecule has 1 aliphatic carbocycles. The van der Waals surface area contributed by atoms with Crippen LogP contribution in [-0.4, -0.2) is 34.3 Å². The summed E-state index contributed by atoms with van der Waals surface area (Å²) in [4.78, 5) is 50.7. The van der Waals surface area contributed by atoms with Crippen molar-refractivity contribution in [3.8, 4) is 5.75 Å². The number of imide groups is 1. The van der Waals surface area contributed by atoms with Gasteiger partial charge < -0.3 is 9.15 Å². The van der Waals surface area contributed by atoms with Crippen molar-refractivity contribution in [2.75, 3.05) is 0 Å². The summed E-state index contributed by atoms with van der Waals surface area (Å²) in [6.45, 7) is 0.0868. The van der Waals surface area contributed by atoms with Crippen molar-refractivity contribution in [3.63, 3.8) is 0 Å². The summed E-state index contributed by atoms with van der Waals surface area (Å²) >= 11 is 0. The lowest BCUT2D eigenvalue weighted by atomic mass is 9.92. The molecule has 7 heteroatoms. The number of carbonyl (C=O) groups is 4. The molecule has 0 radical (unpaired) electrons. The van der Waals surface area contributed by atoms with Crippen LogP contribution in [0.4, 0.5) is 0 Å². The number of carbonyl (C=O) groups excluding carboxylic acids is 4. The maximum atomic E-state index is 13.1. The molecule has 1 aromatic heterocycles. The number of fused-ring (bicyclic) bond motifs is 2. The second kappa shape index (κ2) is 6.95. The number of ketones is 2. The number of hydrogen-bond acceptors (Lipinski definition) is 6. The summed E-state index contributed by atoms with van der Waals surface area (Å²) < 4.78 is 11.6. The van der Waals surface area contributed by atoms with E-state index in [0.29, 0.717) is 5.76 Å². The van der Waals surface area contributed by atoms with Crippen LogP contribution in [0.2, 0.25) is 0 Å². The number of ether oxygens (including phenoxy) is 1. The van der Waals surface area contributed by atoms with Crippen molar-refractivity contribution < 1.29 is 28.3 Å². The Morgan fingerprint density at radius 3 is 2.63 bits per heavy atom. The Bertz CT molecular complexity index is 1190. The number of furan rings is 1. The van der Waals surface area contributed by atoms with Crippen molar-refractivity contribution in [1.29, 1.82) is 0 Å². The second-order valence-corrected chi connectivity index (χ2v) is 7.43. The van der Waals surface area contributed by atoms with Gasteiger partial charge in [0, 0.05) is 11.8 Å². The number of benzene rings is 2. The molecule has 7 nitrogen and oxygen atoms in total. The maximum Gasteiger partial charge on any atom is 0.266 e. The van der Waals surface area contributed by atoms with Gasteiger partial charge in [0.2, 0.25) is 0 Å². The van der Waals surface area contributed by atoms with Crippen LogP contribution in [0.15, 0.2) is 52.9 Å². The molecule has 2 aromatic carbocycles. The summed E-state index contributed by atoms with van der Waals surface area (Å²) in [6.07, 6.45) is 0.102. The summed E-state index contributed by atoms with van der Waals surface area (Å²) in [6, 6.07) is 13.3. The van der Waals surface area contributed by atoms with Gasteiger partial charge in [0.25, 0.3) is 11.8 Å². The van der Waals surface area contributed by atoms with Crippen molar-refractivity contribution in [2.45, 2.75) is 31.9 Å². The SMILES string of the molecule is O=C1CCC(N2C(=O)c3cccc(OCc4cc5ccccc5o4)c3C2=O)C(=O)C1. The monoisotopic (exact) mass is 403 g/mol. The van der Waals surface area contributed by atoms with Crippen molar-refractivity contribution in [2.24, 2.45) is 0 Å². The van der Waals surface area contributed by atoms with Gasteiger partial charge in [0.05, 0.1) is 23.6 Å². The number of amides is 2. The first-order valence-electron chi connectivity index (χ1n) is 9.68. The molecule has 1 atom stereocenters. The molecule has 1 fully saturated rings. The second-order valence-electron chi connectivity index (χ2n) is 7.43. The summed E-state index contributed by atoms with van der Waals surface area (Å²) in [5.74, 6) is -0.815.